The lowest BCUT2D eigenvalue weighted by atomic mass is 10.1. The summed E-state index contributed by atoms with van der Waals surface area (Å²) in [6, 6.07) is 16.4. The van der Waals surface area contributed by atoms with Crippen LogP contribution in [0.25, 0.3) is 22.8 Å². The average Bonchev–Trinajstić information content (AvgIpc) is 3.33. The van der Waals surface area contributed by atoms with Crippen molar-refractivity contribution in [1.29, 1.82) is 0 Å². The summed E-state index contributed by atoms with van der Waals surface area (Å²) in [5, 5.41) is 13.7. The van der Waals surface area contributed by atoms with Gasteiger partial charge in [-0.2, -0.15) is 4.98 Å². The number of rotatable bonds is 6. The second-order valence-electron chi connectivity index (χ2n) is 6.59. The molecule has 0 saturated carbocycles. The molecule has 142 valence electrons. The summed E-state index contributed by atoms with van der Waals surface area (Å²) in [7, 11) is 0. The van der Waals surface area contributed by atoms with E-state index >= 15 is 0 Å². The van der Waals surface area contributed by atoms with E-state index in [9.17, 15) is 0 Å². The molecule has 0 spiro atoms. The highest BCUT2D eigenvalue weighted by molar-refractivity contribution is 7.98. The van der Waals surface area contributed by atoms with Gasteiger partial charge in [-0.15, -0.1) is 10.2 Å². The summed E-state index contributed by atoms with van der Waals surface area (Å²) >= 11 is 1.55. The molecule has 2 aromatic carbocycles. The van der Waals surface area contributed by atoms with Gasteiger partial charge >= 0.3 is 0 Å². The number of aryl methyl sites for hydroxylation is 2. The van der Waals surface area contributed by atoms with Gasteiger partial charge in [0.05, 0.1) is 5.75 Å². The maximum atomic E-state index is 5.41. The van der Waals surface area contributed by atoms with E-state index in [-0.39, 0.29) is 0 Å². The van der Waals surface area contributed by atoms with Gasteiger partial charge in [-0.05, 0) is 26.8 Å². The number of benzene rings is 2. The summed E-state index contributed by atoms with van der Waals surface area (Å²) in [6.45, 7) is 7.01. The van der Waals surface area contributed by atoms with Crippen molar-refractivity contribution < 1.29 is 4.52 Å². The Morgan fingerprint density at radius 2 is 1.79 bits per heavy atom. The lowest BCUT2D eigenvalue weighted by molar-refractivity contribution is 0.391. The maximum Gasteiger partial charge on any atom is 0.237 e. The minimum absolute atomic E-state index is 0.546. The first kappa shape index (κ1) is 18.4. The monoisotopic (exact) mass is 391 g/mol. The lowest BCUT2D eigenvalue weighted by Crippen LogP contribution is -2.00. The first-order valence-electron chi connectivity index (χ1n) is 9.16. The Labute approximate surface area is 168 Å². The van der Waals surface area contributed by atoms with Crippen LogP contribution in [-0.2, 0) is 12.3 Å². The van der Waals surface area contributed by atoms with Crippen LogP contribution in [0.3, 0.4) is 0 Å². The van der Waals surface area contributed by atoms with E-state index in [1.54, 1.807) is 11.8 Å². The highest BCUT2D eigenvalue weighted by atomic mass is 32.2. The number of thioether (sulfide) groups is 1. The molecule has 0 aliphatic carbocycles. The predicted octanol–water partition coefficient (Wildman–Crippen LogP) is 4.92. The van der Waals surface area contributed by atoms with Gasteiger partial charge in [-0.1, -0.05) is 70.5 Å². The van der Waals surface area contributed by atoms with Crippen molar-refractivity contribution in [1.82, 2.24) is 24.9 Å². The molecule has 28 heavy (non-hydrogen) atoms. The fourth-order valence-corrected chi connectivity index (χ4v) is 3.78. The molecule has 6 nitrogen and oxygen atoms in total. The number of aromatic nitrogens is 5. The maximum absolute atomic E-state index is 5.41. The van der Waals surface area contributed by atoms with E-state index in [0.29, 0.717) is 17.5 Å². The van der Waals surface area contributed by atoms with E-state index in [2.05, 4.69) is 63.9 Å². The lowest BCUT2D eigenvalue weighted by Gasteiger charge is -2.07. The van der Waals surface area contributed by atoms with E-state index in [0.717, 1.165) is 28.7 Å². The van der Waals surface area contributed by atoms with Crippen molar-refractivity contribution in [3.8, 4) is 22.8 Å². The second kappa shape index (κ2) is 7.98. The fourth-order valence-electron chi connectivity index (χ4n) is 2.94. The van der Waals surface area contributed by atoms with E-state index in [4.69, 9.17) is 4.52 Å². The Kier molecular flexibility index (Phi) is 5.25. The van der Waals surface area contributed by atoms with Crippen molar-refractivity contribution in [3.63, 3.8) is 0 Å². The average molecular weight is 392 g/mol. The Balaban J connectivity index is 1.50. The van der Waals surface area contributed by atoms with Crippen LogP contribution >= 0.6 is 11.8 Å². The highest BCUT2D eigenvalue weighted by Crippen LogP contribution is 2.27. The summed E-state index contributed by atoms with van der Waals surface area (Å²) in [5.41, 5.74) is 4.42. The van der Waals surface area contributed by atoms with Gasteiger partial charge in [-0.25, -0.2) is 0 Å². The first-order chi connectivity index (χ1) is 13.6. The van der Waals surface area contributed by atoms with Gasteiger partial charge in [-0.3, -0.25) is 0 Å². The molecule has 2 aromatic heterocycles. The van der Waals surface area contributed by atoms with Gasteiger partial charge in [0.1, 0.15) is 0 Å². The van der Waals surface area contributed by atoms with Crippen molar-refractivity contribution in [2.24, 2.45) is 0 Å². The summed E-state index contributed by atoms with van der Waals surface area (Å²) in [4.78, 5) is 4.50. The molecule has 7 heteroatoms. The van der Waals surface area contributed by atoms with Gasteiger partial charge in [0.2, 0.25) is 11.7 Å². The SMILES string of the molecule is CCn1c(SCc2nc(-c3ccc(C)cc3)no2)nnc1-c1cccc(C)c1. The molecule has 4 aromatic rings. The Morgan fingerprint density at radius 3 is 2.54 bits per heavy atom. The van der Waals surface area contributed by atoms with E-state index < -0.39 is 0 Å². The van der Waals surface area contributed by atoms with Gasteiger partial charge in [0, 0.05) is 17.7 Å². The molecule has 0 bridgehead atoms. The first-order valence-corrected chi connectivity index (χ1v) is 10.1. The molecule has 4 rings (SSSR count). The van der Waals surface area contributed by atoms with Crippen LogP contribution in [0.15, 0.2) is 58.2 Å². The minimum atomic E-state index is 0.546. The molecule has 0 fully saturated rings. The zero-order valence-corrected chi connectivity index (χ0v) is 16.9. The summed E-state index contributed by atoms with van der Waals surface area (Å²) in [5.74, 6) is 2.60. The highest BCUT2D eigenvalue weighted by Gasteiger charge is 2.15. The van der Waals surface area contributed by atoms with Crippen LogP contribution in [0, 0.1) is 13.8 Å². The van der Waals surface area contributed by atoms with Gasteiger partial charge < -0.3 is 9.09 Å². The fraction of sp³-hybridized carbons (Fsp3) is 0.238. The zero-order valence-electron chi connectivity index (χ0n) is 16.1. The van der Waals surface area contributed by atoms with Crippen LogP contribution in [0.5, 0.6) is 0 Å². The molecule has 2 heterocycles. The second-order valence-corrected chi connectivity index (χ2v) is 7.53. The van der Waals surface area contributed by atoms with Crippen LogP contribution in [0.2, 0.25) is 0 Å². The van der Waals surface area contributed by atoms with Crippen LogP contribution in [-0.4, -0.2) is 24.9 Å². The number of nitrogens with zero attached hydrogens (tertiary/aromatic N) is 5. The molecule has 0 atom stereocenters. The van der Waals surface area contributed by atoms with Crippen molar-refractivity contribution >= 4 is 11.8 Å². The van der Waals surface area contributed by atoms with Crippen LogP contribution < -0.4 is 0 Å². The normalized spacial score (nSPS) is 11.1. The molecule has 0 saturated heterocycles. The molecule has 0 unspecified atom stereocenters. The molecule has 0 aliphatic rings. The Hall–Kier alpha value is -2.93. The molecular weight excluding hydrogens is 370 g/mol. The number of hydrogen-bond acceptors (Lipinski definition) is 6. The van der Waals surface area contributed by atoms with Crippen molar-refractivity contribution in [2.45, 2.75) is 38.2 Å². The third-order valence-electron chi connectivity index (χ3n) is 4.41. The quantitative estimate of drug-likeness (QED) is 0.434. The predicted molar refractivity (Wildman–Crippen MR) is 110 cm³/mol. The topological polar surface area (TPSA) is 69.6 Å². The molecule has 0 N–H and O–H groups in total. The summed E-state index contributed by atoms with van der Waals surface area (Å²) in [6.07, 6.45) is 0. The van der Waals surface area contributed by atoms with E-state index in [1.165, 1.54) is 11.1 Å². The van der Waals surface area contributed by atoms with Crippen LogP contribution in [0.4, 0.5) is 0 Å². The standard InChI is InChI=1S/C21H21N5OS/c1-4-26-20(17-7-5-6-15(3)12-17)23-24-21(26)28-13-18-22-19(25-27-18)16-10-8-14(2)9-11-16/h5-12H,4,13H2,1-3H3. The minimum Gasteiger partial charge on any atom is -0.338 e. The molecule has 0 amide bonds. The Morgan fingerprint density at radius 1 is 0.964 bits per heavy atom. The summed E-state index contributed by atoms with van der Waals surface area (Å²) < 4.78 is 7.52. The van der Waals surface area contributed by atoms with Gasteiger partial charge in [0.25, 0.3) is 0 Å². The third-order valence-corrected chi connectivity index (χ3v) is 5.36. The van der Waals surface area contributed by atoms with Crippen molar-refractivity contribution in [2.75, 3.05) is 0 Å². The number of hydrogen-bond donors (Lipinski definition) is 0. The third kappa shape index (κ3) is 3.84. The van der Waals surface area contributed by atoms with Crippen molar-refractivity contribution in [3.05, 3.63) is 65.5 Å². The Bertz CT molecular complexity index is 1080. The molecule has 0 radical (unpaired) electrons. The molecule has 0 aliphatic heterocycles. The zero-order chi connectivity index (χ0) is 19.5. The van der Waals surface area contributed by atoms with Crippen LogP contribution in [0.1, 0.15) is 23.9 Å². The smallest absolute Gasteiger partial charge is 0.237 e. The van der Waals surface area contributed by atoms with Gasteiger partial charge in [0.15, 0.2) is 11.0 Å². The molecular formula is C21H21N5OS. The van der Waals surface area contributed by atoms with E-state index in [1.807, 2.05) is 30.3 Å². The largest absolute Gasteiger partial charge is 0.338 e.